The largest absolute Gasteiger partial charge is 0.0628 e. The highest BCUT2D eigenvalue weighted by molar-refractivity contribution is 5.13. The van der Waals surface area contributed by atoms with Crippen LogP contribution in [-0.4, -0.2) is 0 Å². The molecule has 0 fully saturated rings. The first-order valence-corrected chi connectivity index (χ1v) is 5.74. The van der Waals surface area contributed by atoms with Crippen molar-refractivity contribution in [3.63, 3.8) is 0 Å². The second-order valence-corrected chi connectivity index (χ2v) is 4.40. The molecular formula is C14H21. The van der Waals surface area contributed by atoms with Gasteiger partial charge in [0, 0.05) is 0 Å². The summed E-state index contributed by atoms with van der Waals surface area (Å²) in [5, 5.41) is 0. The van der Waals surface area contributed by atoms with E-state index in [2.05, 4.69) is 32.0 Å². The standard InChI is InChI=1S/C14H21/c1-13(2)9-5-3-6-10-14-11-7-4-8-12-14/h7-8,11-13H,3,5-6,9-10H2,1-2H3. The van der Waals surface area contributed by atoms with Crippen LogP contribution in [0.25, 0.3) is 0 Å². The van der Waals surface area contributed by atoms with Crippen LogP contribution in [0, 0.1) is 12.0 Å². The van der Waals surface area contributed by atoms with Gasteiger partial charge in [0.1, 0.15) is 0 Å². The summed E-state index contributed by atoms with van der Waals surface area (Å²) in [7, 11) is 0. The lowest BCUT2D eigenvalue weighted by Crippen LogP contribution is -1.89. The number of rotatable bonds is 6. The molecule has 0 saturated carbocycles. The van der Waals surface area contributed by atoms with Crippen LogP contribution < -0.4 is 0 Å². The van der Waals surface area contributed by atoms with Gasteiger partial charge in [-0.15, -0.1) is 0 Å². The Morgan fingerprint density at radius 1 is 1.07 bits per heavy atom. The van der Waals surface area contributed by atoms with Crippen molar-refractivity contribution in [3.8, 4) is 0 Å². The Morgan fingerprint density at radius 3 is 2.43 bits per heavy atom. The van der Waals surface area contributed by atoms with Crippen LogP contribution >= 0.6 is 0 Å². The van der Waals surface area contributed by atoms with Crippen LogP contribution in [0.3, 0.4) is 0 Å². The summed E-state index contributed by atoms with van der Waals surface area (Å²) in [6.07, 6.45) is 6.69. The van der Waals surface area contributed by atoms with E-state index in [1.165, 1.54) is 37.7 Å². The first kappa shape index (κ1) is 11.3. The van der Waals surface area contributed by atoms with E-state index in [-0.39, 0.29) is 0 Å². The van der Waals surface area contributed by atoms with Crippen LogP contribution in [-0.2, 0) is 6.42 Å². The normalized spacial score (nSPS) is 10.8. The molecule has 0 aliphatic heterocycles. The zero-order chi connectivity index (χ0) is 10.2. The molecule has 0 atom stereocenters. The highest BCUT2D eigenvalue weighted by atomic mass is 14.0. The monoisotopic (exact) mass is 189 g/mol. The van der Waals surface area contributed by atoms with Gasteiger partial charge in [0.2, 0.25) is 0 Å². The molecule has 0 heterocycles. The topological polar surface area (TPSA) is 0 Å². The Kier molecular flexibility index (Phi) is 5.36. The third kappa shape index (κ3) is 5.06. The number of benzene rings is 1. The van der Waals surface area contributed by atoms with Crippen molar-refractivity contribution >= 4 is 0 Å². The van der Waals surface area contributed by atoms with Gasteiger partial charge in [-0.3, -0.25) is 0 Å². The van der Waals surface area contributed by atoms with Crippen molar-refractivity contribution in [2.45, 2.75) is 46.0 Å². The molecule has 1 radical (unpaired) electrons. The third-order valence-electron chi connectivity index (χ3n) is 2.53. The van der Waals surface area contributed by atoms with Gasteiger partial charge in [0.25, 0.3) is 0 Å². The van der Waals surface area contributed by atoms with Gasteiger partial charge in [-0.1, -0.05) is 57.4 Å². The lowest BCUT2D eigenvalue weighted by molar-refractivity contribution is 0.527. The molecule has 1 aromatic rings. The van der Waals surface area contributed by atoms with E-state index in [1.807, 2.05) is 12.1 Å². The van der Waals surface area contributed by atoms with Crippen molar-refractivity contribution in [2.75, 3.05) is 0 Å². The minimum absolute atomic E-state index is 0.862. The predicted octanol–water partition coefficient (Wildman–Crippen LogP) is 4.25. The molecule has 0 spiro atoms. The van der Waals surface area contributed by atoms with Crippen molar-refractivity contribution < 1.29 is 0 Å². The van der Waals surface area contributed by atoms with Gasteiger partial charge in [-0.25, -0.2) is 0 Å². The van der Waals surface area contributed by atoms with Gasteiger partial charge in [-0.05, 0) is 30.4 Å². The number of aryl methyl sites for hydroxylation is 1. The van der Waals surface area contributed by atoms with Crippen LogP contribution in [0.2, 0.25) is 0 Å². The summed E-state index contributed by atoms with van der Waals surface area (Å²) in [6, 6.07) is 11.4. The van der Waals surface area contributed by atoms with E-state index < -0.39 is 0 Å². The first-order chi connectivity index (χ1) is 6.79. The third-order valence-corrected chi connectivity index (χ3v) is 2.53. The fourth-order valence-corrected chi connectivity index (χ4v) is 1.65. The van der Waals surface area contributed by atoms with Gasteiger partial charge >= 0.3 is 0 Å². The van der Waals surface area contributed by atoms with Crippen LogP contribution in [0.1, 0.15) is 45.1 Å². The summed E-state index contributed by atoms with van der Waals surface area (Å²) in [5.41, 5.74) is 1.45. The van der Waals surface area contributed by atoms with E-state index in [9.17, 15) is 0 Å². The fourth-order valence-electron chi connectivity index (χ4n) is 1.65. The van der Waals surface area contributed by atoms with E-state index >= 15 is 0 Å². The van der Waals surface area contributed by atoms with E-state index in [4.69, 9.17) is 0 Å². The second kappa shape index (κ2) is 6.64. The number of unbranched alkanes of at least 4 members (excludes halogenated alkanes) is 2. The van der Waals surface area contributed by atoms with E-state index in [0.717, 1.165) is 5.92 Å². The molecule has 0 unspecified atom stereocenters. The predicted molar refractivity (Wildman–Crippen MR) is 62.3 cm³/mol. The van der Waals surface area contributed by atoms with Gasteiger partial charge in [0.05, 0.1) is 0 Å². The van der Waals surface area contributed by atoms with Crippen molar-refractivity contribution in [1.29, 1.82) is 0 Å². The minimum atomic E-state index is 0.862. The molecule has 0 aliphatic carbocycles. The Morgan fingerprint density at radius 2 is 1.79 bits per heavy atom. The Labute approximate surface area is 88.4 Å². The van der Waals surface area contributed by atoms with Crippen molar-refractivity contribution in [3.05, 3.63) is 35.9 Å². The summed E-state index contributed by atoms with van der Waals surface area (Å²) in [4.78, 5) is 0. The average Bonchev–Trinajstić information content (AvgIpc) is 2.18. The lowest BCUT2D eigenvalue weighted by atomic mass is 10.0. The van der Waals surface area contributed by atoms with Crippen LogP contribution in [0.15, 0.2) is 24.3 Å². The molecule has 0 saturated heterocycles. The molecule has 14 heavy (non-hydrogen) atoms. The zero-order valence-corrected chi connectivity index (χ0v) is 9.42. The Hall–Kier alpha value is -0.780. The maximum atomic E-state index is 3.05. The molecule has 0 nitrogen and oxygen atoms in total. The molecular weight excluding hydrogens is 168 g/mol. The van der Waals surface area contributed by atoms with Gasteiger partial charge < -0.3 is 0 Å². The number of hydrogen-bond donors (Lipinski definition) is 0. The fraction of sp³-hybridized carbons (Fsp3) is 0.571. The molecule has 1 rings (SSSR count). The average molecular weight is 189 g/mol. The molecule has 77 valence electrons. The van der Waals surface area contributed by atoms with Gasteiger partial charge in [0.15, 0.2) is 0 Å². The number of hydrogen-bond acceptors (Lipinski definition) is 0. The molecule has 0 bridgehead atoms. The smallest absolute Gasteiger partial charge is 0.0184 e. The molecule has 0 amide bonds. The Balaban J connectivity index is 2.05. The Bertz CT molecular complexity index is 223. The van der Waals surface area contributed by atoms with Crippen molar-refractivity contribution in [2.24, 2.45) is 5.92 Å². The minimum Gasteiger partial charge on any atom is -0.0628 e. The highest BCUT2D eigenvalue weighted by Gasteiger charge is 1.95. The van der Waals surface area contributed by atoms with E-state index in [1.54, 1.807) is 0 Å². The molecule has 0 aromatic heterocycles. The van der Waals surface area contributed by atoms with Crippen LogP contribution in [0.4, 0.5) is 0 Å². The maximum absolute atomic E-state index is 3.05. The maximum Gasteiger partial charge on any atom is -0.0184 e. The van der Waals surface area contributed by atoms with Crippen LogP contribution in [0.5, 0.6) is 0 Å². The highest BCUT2D eigenvalue weighted by Crippen LogP contribution is 2.10. The van der Waals surface area contributed by atoms with E-state index in [0.29, 0.717) is 0 Å². The lowest BCUT2D eigenvalue weighted by Gasteiger charge is -2.04. The SMILES string of the molecule is CC(C)CCCCCc1cc[c]cc1. The first-order valence-electron chi connectivity index (χ1n) is 5.74. The molecule has 0 N–H and O–H groups in total. The quantitative estimate of drug-likeness (QED) is 0.587. The zero-order valence-electron chi connectivity index (χ0n) is 9.42. The second-order valence-electron chi connectivity index (χ2n) is 4.40. The summed E-state index contributed by atoms with van der Waals surface area (Å²) in [5.74, 6) is 0.862. The van der Waals surface area contributed by atoms with Crippen molar-refractivity contribution in [1.82, 2.24) is 0 Å². The van der Waals surface area contributed by atoms with Gasteiger partial charge in [-0.2, -0.15) is 0 Å². The molecule has 0 heteroatoms. The molecule has 0 aliphatic rings. The summed E-state index contributed by atoms with van der Waals surface area (Å²) >= 11 is 0. The molecule has 1 aromatic carbocycles. The summed E-state index contributed by atoms with van der Waals surface area (Å²) < 4.78 is 0. The summed E-state index contributed by atoms with van der Waals surface area (Å²) in [6.45, 7) is 4.60.